The summed E-state index contributed by atoms with van der Waals surface area (Å²) in [6.45, 7) is 7.61. The summed E-state index contributed by atoms with van der Waals surface area (Å²) in [6, 6.07) is 9.61. The maximum Gasteiger partial charge on any atom is 0.251 e. The zero-order valence-corrected chi connectivity index (χ0v) is 15.9. The average molecular weight is 356 g/mol. The second kappa shape index (κ2) is 8.47. The molecule has 140 valence electrons. The minimum absolute atomic E-state index is 0.0308. The molecule has 6 nitrogen and oxygen atoms in total. The Kier molecular flexibility index (Phi) is 6.06. The summed E-state index contributed by atoms with van der Waals surface area (Å²) in [5, 5.41) is 7.48. The summed E-state index contributed by atoms with van der Waals surface area (Å²) in [6.07, 6.45) is 2.53. The molecular formula is C20H28N4O2. The van der Waals surface area contributed by atoms with Crippen LogP contribution in [0, 0.1) is 13.8 Å². The van der Waals surface area contributed by atoms with Gasteiger partial charge in [0.25, 0.3) is 5.91 Å². The highest BCUT2D eigenvalue weighted by Gasteiger charge is 2.18. The molecule has 1 aliphatic rings. The van der Waals surface area contributed by atoms with Crippen molar-refractivity contribution in [2.24, 2.45) is 0 Å². The molecule has 1 aliphatic heterocycles. The highest BCUT2D eigenvalue weighted by molar-refractivity contribution is 5.94. The number of likely N-dealkylation sites (tertiary alicyclic amines) is 1. The van der Waals surface area contributed by atoms with Gasteiger partial charge in [0.15, 0.2) is 0 Å². The largest absolute Gasteiger partial charge is 0.381 e. The van der Waals surface area contributed by atoms with E-state index in [9.17, 15) is 4.79 Å². The third-order valence-electron chi connectivity index (χ3n) is 4.97. The number of piperidine rings is 1. The predicted molar refractivity (Wildman–Crippen MR) is 102 cm³/mol. The molecule has 1 N–H and O–H groups in total. The lowest BCUT2D eigenvalue weighted by Gasteiger charge is -2.31. The van der Waals surface area contributed by atoms with Gasteiger partial charge in [-0.15, -0.1) is 0 Å². The zero-order chi connectivity index (χ0) is 18.5. The maximum absolute atomic E-state index is 12.3. The van der Waals surface area contributed by atoms with E-state index in [1.54, 1.807) is 7.11 Å². The van der Waals surface area contributed by atoms with Crippen LogP contribution in [0.5, 0.6) is 0 Å². The van der Waals surface area contributed by atoms with E-state index in [1.807, 2.05) is 48.9 Å². The van der Waals surface area contributed by atoms with Gasteiger partial charge in [0, 0.05) is 44.5 Å². The number of rotatable bonds is 6. The molecule has 1 aromatic heterocycles. The van der Waals surface area contributed by atoms with Crippen molar-refractivity contribution in [2.75, 3.05) is 33.3 Å². The Balaban J connectivity index is 1.48. The highest BCUT2D eigenvalue weighted by atomic mass is 16.5. The van der Waals surface area contributed by atoms with E-state index in [-0.39, 0.29) is 5.91 Å². The van der Waals surface area contributed by atoms with E-state index >= 15 is 0 Å². The second-order valence-corrected chi connectivity index (χ2v) is 6.92. The van der Waals surface area contributed by atoms with Crippen LogP contribution in [0.25, 0.3) is 5.69 Å². The Morgan fingerprint density at radius 2 is 1.92 bits per heavy atom. The summed E-state index contributed by atoms with van der Waals surface area (Å²) in [7, 11) is 1.78. The second-order valence-electron chi connectivity index (χ2n) is 6.92. The summed E-state index contributed by atoms with van der Waals surface area (Å²) >= 11 is 0. The maximum atomic E-state index is 12.3. The fraction of sp³-hybridized carbons (Fsp3) is 0.500. The number of nitrogens with one attached hydrogen (secondary N) is 1. The van der Waals surface area contributed by atoms with Gasteiger partial charge in [-0.2, -0.15) is 5.10 Å². The van der Waals surface area contributed by atoms with Crippen LogP contribution >= 0.6 is 0 Å². The van der Waals surface area contributed by atoms with Crippen molar-refractivity contribution >= 4 is 5.91 Å². The van der Waals surface area contributed by atoms with Gasteiger partial charge in [-0.05, 0) is 57.0 Å². The molecule has 0 bridgehead atoms. The third-order valence-corrected chi connectivity index (χ3v) is 4.97. The fourth-order valence-corrected chi connectivity index (χ4v) is 3.44. The Morgan fingerprint density at radius 1 is 1.23 bits per heavy atom. The Hall–Kier alpha value is -2.18. The molecule has 1 saturated heterocycles. The van der Waals surface area contributed by atoms with E-state index in [0.717, 1.165) is 49.6 Å². The molecule has 6 heteroatoms. The molecule has 0 aliphatic carbocycles. The number of amides is 1. The lowest BCUT2D eigenvalue weighted by Crippen LogP contribution is -2.41. The van der Waals surface area contributed by atoms with Crippen LogP contribution in [0.4, 0.5) is 0 Å². The third kappa shape index (κ3) is 4.51. The van der Waals surface area contributed by atoms with Gasteiger partial charge in [-0.1, -0.05) is 0 Å². The minimum atomic E-state index is -0.0308. The molecule has 0 unspecified atom stereocenters. The molecule has 0 saturated carbocycles. The number of hydrogen-bond donors (Lipinski definition) is 1. The van der Waals surface area contributed by atoms with Crippen LogP contribution in [-0.4, -0.2) is 60.0 Å². The van der Waals surface area contributed by atoms with Crippen LogP contribution in [0.15, 0.2) is 30.3 Å². The first kappa shape index (κ1) is 18.6. The number of aromatic nitrogens is 2. The number of methoxy groups -OCH3 is 1. The van der Waals surface area contributed by atoms with E-state index < -0.39 is 0 Å². The van der Waals surface area contributed by atoms with Crippen LogP contribution in [0.2, 0.25) is 0 Å². The fourth-order valence-electron chi connectivity index (χ4n) is 3.44. The number of benzene rings is 1. The Bertz CT molecular complexity index is 731. The molecule has 3 rings (SSSR count). The smallest absolute Gasteiger partial charge is 0.251 e. The predicted octanol–water partition coefficient (Wildman–Crippen LogP) is 2.33. The van der Waals surface area contributed by atoms with Gasteiger partial charge >= 0.3 is 0 Å². The standard InChI is InChI=1S/C20H28N4O2/c1-15-14-16(2)24(22-15)18-6-4-17(5-7-18)20(25)21-10-13-23-11-8-19(26-3)9-12-23/h4-7,14,19H,8-13H2,1-3H3,(H,21,25). The molecule has 2 aromatic rings. The van der Waals surface area contributed by atoms with E-state index in [0.29, 0.717) is 18.2 Å². The number of carbonyl (C=O) groups excluding carboxylic acids is 1. The van der Waals surface area contributed by atoms with Crippen LogP contribution in [0.3, 0.4) is 0 Å². The SMILES string of the molecule is COC1CCN(CCNC(=O)c2ccc(-n3nc(C)cc3C)cc2)CC1. The van der Waals surface area contributed by atoms with Gasteiger partial charge in [0.05, 0.1) is 17.5 Å². The molecule has 0 radical (unpaired) electrons. The zero-order valence-electron chi connectivity index (χ0n) is 15.9. The van der Waals surface area contributed by atoms with Gasteiger partial charge in [0.2, 0.25) is 0 Å². The number of hydrogen-bond acceptors (Lipinski definition) is 4. The molecule has 1 aromatic carbocycles. The molecule has 2 heterocycles. The van der Waals surface area contributed by atoms with Crippen molar-refractivity contribution in [3.05, 3.63) is 47.3 Å². The first-order chi connectivity index (χ1) is 12.6. The van der Waals surface area contributed by atoms with Crippen LogP contribution in [0.1, 0.15) is 34.6 Å². The summed E-state index contributed by atoms with van der Waals surface area (Å²) in [5.41, 5.74) is 3.71. The summed E-state index contributed by atoms with van der Waals surface area (Å²) < 4.78 is 7.28. The Labute approximate surface area is 155 Å². The monoisotopic (exact) mass is 356 g/mol. The normalized spacial score (nSPS) is 16.0. The number of aryl methyl sites for hydroxylation is 2. The topological polar surface area (TPSA) is 59.4 Å². The number of carbonyl (C=O) groups is 1. The first-order valence-corrected chi connectivity index (χ1v) is 9.24. The summed E-state index contributed by atoms with van der Waals surface area (Å²) in [4.78, 5) is 14.7. The molecule has 1 fully saturated rings. The van der Waals surface area contributed by atoms with Crippen molar-refractivity contribution in [2.45, 2.75) is 32.8 Å². The lowest BCUT2D eigenvalue weighted by molar-refractivity contribution is 0.0413. The number of nitrogens with zero attached hydrogens (tertiary/aromatic N) is 3. The molecule has 0 atom stereocenters. The van der Waals surface area contributed by atoms with Gasteiger partial charge in [-0.3, -0.25) is 4.79 Å². The quantitative estimate of drug-likeness (QED) is 0.863. The average Bonchev–Trinajstić information content (AvgIpc) is 3.00. The van der Waals surface area contributed by atoms with Crippen molar-refractivity contribution in [3.63, 3.8) is 0 Å². The lowest BCUT2D eigenvalue weighted by atomic mass is 10.1. The van der Waals surface area contributed by atoms with Gasteiger partial charge in [0.1, 0.15) is 0 Å². The van der Waals surface area contributed by atoms with E-state index in [4.69, 9.17) is 4.74 Å². The highest BCUT2D eigenvalue weighted by Crippen LogP contribution is 2.14. The van der Waals surface area contributed by atoms with Crippen molar-refractivity contribution in [1.29, 1.82) is 0 Å². The van der Waals surface area contributed by atoms with Crippen molar-refractivity contribution in [3.8, 4) is 5.69 Å². The Morgan fingerprint density at radius 3 is 2.50 bits per heavy atom. The summed E-state index contributed by atoms with van der Waals surface area (Å²) in [5.74, 6) is -0.0308. The first-order valence-electron chi connectivity index (χ1n) is 9.24. The number of ether oxygens (including phenoxy) is 1. The molecular weight excluding hydrogens is 328 g/mol. The van der Waals surface area contributed by atoms with Crippen LogP contribution in [-0.2, 0) is 4.74 Å². The molecule has 1 amide bonds. The van der Waals surface area contributed by atoms with E-state index in [2.05, 4.69) is 15.3 Å². The minimum Gasteiger partial charge on any atom is -0.381 e. The van der Waals surface area contributed by atoms with E-state index in [1.165, 1.54) is 0 Å². The van der Waals surface area contributed by atoms with Crippen molar-refractivity contribution in [1.82, 2.24) is 20.0 Å². The van der Waals surface area contributed by atoms with Crippen molar-refractivity contribution < 1.29 is 9.53 Å². The van der Waals surface area contributed by atoms with Gasteiger partial charge < -0.3 is 15.0 Å². The van der Waals surface area contributed by atoms with Gasteiger partial charge in [-0.25, -0.2) is 4.68 Å². The van der Waals surface area contributed by atoms with Crippen LogP contribution < -0.4 is 5.32 Å². The molecule has 0 spiro atoms. The molecule has 26 heavy (non-hydrogen) atoms.